The van der Waals surface area contributed by atoms with E-state index in [9.17, 15) is 4.79 Å². The highest BCUT2D eigenvalue weighted by Crippen LogP contribution is 2.32. The molecule has 2 aromatic carbocycles. The van der Waals surface area contributed by atoms with Crippen LogP contribution in [0.5, 0.6) is 5.75 Å². The number of para-hydroxylation sites is 1. The molecule has 0 spiro atoms. The van der Waals surface area contributed by atoms with Crippen LogP contribution in [0.2, 0.25) is 0 Å². The lowest BCUT2D eigenvalue weighted by atomic mass is 9.91. The summed E-state index contributed by atoms with van der Waals surface area (Å²) in [6.45, 7) is 9.42. The molecule has 164 valence electrons. The van der Waals surface area contributed by atoms with Gasteiger partial charge >= 0.3 is 5.97 Å². The van der Waals surface area contributed by atoms with E-state index in [0.29, 0.717) is 17.2 Å². The molecule has 0 heterocycles. The number of rotatable bonds is 13. The molecule has 0 saturated carbocycles. The Morgan fingerprint density at radius 3 is 2.30 bits per heavy atom. The number of carbonyl (C=O) groups excluding carboxylic acids is 1. The summed E-state index contributed by atoms with van der Waals surface area (Å²) in [4.78, 5) is 12.7. The lowest BCUT2D eigenvalue weighted by molar-refractivity contribution is 0.0626. The Balaban J connectivity index is 1.98. The summed E-state index contributed by atoms with van der Waals surface area (Å²) >= 11 is 0. The van der Waals surface area contributed by atoms with Crippen LogP contribution in [0.15, 0.2) is 48.5 Å². The zero-order valence-corrected chi connectivity index (χ0v) is 19.2. The third-order valence-corrected chi connectivity index (χ3v) is 5.67. The Hall–Kier alpha value is -2.13. The molecule has 0 aromatic heterocycles. The Kier molecular flexibility index (Phi) is 10.6. The van der Waals surface area contributed by atoms with Gasteiger partial charge in [-0.05, 0) is 61.4 Å². The predicted octanol–water partition coefficient (Wildman–Crippen LogP) is 7.86. The number of carbonyl (C=O) groups is 1. The standard InChI is InChI=1S/C27H38O3/c1-5-8-9-12-20-29-21(4)23-16-18-24(19-17-23)27(28)30-26-15-11-10-14-25(26)22(7-3)13-6-2/h10-11,14-19,21-22H,5-9,12-13,20H2,1-4H3. The highest BCUT2D eigenvalue weighted by Gasteiger charge is 2.17. The molecule has 0 radical (unpaired) electrons. The maximum atomic E-state index is 12.7. The fraction of sp³-hybridized carbons (Fsp3) is 0.519. The van der Waals surface area contributed by atoms with Gasteiger partial charge in [0.25, 0.3) is 0 Å². The van der Waals surface area contributed by atoms with E-state index in [1.807, 2.05) is 42.5 Å². The van der Waals surface area contributed by atoms with Gasteiger partial charge in [0.15, 0.2) is 0 Å². The van der Waals surface area contributed by atoms with Gasteiger partial charge in [-0.1, -0.05) is 76.8 Å². The summed E-state index contributed by atoms with van der Waals surface area (Å²) in [5.41, 5.74) is 2.76. The van der Waals surface area contributed by atoms with Gasteiger partial charge in [0, 0.05) is 6.61 Å². The normalized spacial score (nSPS) is 13.1. The Morgan fingerprint density at radius 2 is 1.63 bits per heavy atom. The summed E-state index contributed by atoms with van der Waals surface area (Å²) in [7, 11) is 0. The van der Waals surface area contributed by atoms with Crippen molar-refractivity contribution in [2.45, 2.75) is 84.7 Å². The highest BCUT2D eigenvalue weighted by molar-refractivity contribution is 5.91. The first-order valence-corrected chi connectivity index (χ1v) is 11.6. The van der Waals surface area contributed by atoms with Crippen LogP contribution in [0, 0.1) is 0 Å². The van der Waals surface area contributed by atoms with Crippen molar-refractivity contribution in [3.8, 4) is 5.75 Å². The monoisotopic (exact) mass is 410 g/mol. The molecular weight excluding hydrogens is 372 g/mol. The SMILES string of the molecule is CCCCCCOC(C)c1ccc(C(=O)Oc2ccccc2C(CC)CCC)cc1. The van der Waals surface area contributed by atoms with Gasteiger partial charge in [-0.3, -0.25) is 0 Å². The molecule has 2 aromatic rings. The van der Waals surface area contributed by atoms with Crippen LogP contribution in [0.3, 0.4) is 0 Å². The molecule has 3 heteroatoms. The van der Waals surface area contributed by atoms with Gasteiger partial charge in [0.2, 0.25) is 0 Å². The summed E-state index contributed by atoms with van der Waals surface area (Å²) in [6.07, 6.45) is 8.07. The average Bonchev–Trinajstić information content (AvgIpc) is 2.78. The molecule has 0 aliphatic carbocycles. The largest absolute Gasteiger partial charge is 0.423 e. The Bertz CT molecular complexity index is 751. The molecule has 0 bridgehead atoms. The number of hydrogen-bond acceptors (Lipinski definition) is 3. The van der Waals surface area contributed by atoms with Gasteiger partial charge in [-0.25, -0.2) is 4.79 Å². The summed E-state index contributed by atoms with van der Waals surface area (Å²) in [5.74, 6) is 0.779. The molecule has 0 saturated heterocycles. The van der Waals surface area contributed by atoms with Crippen molar-refractivity contribution >= 4 is 5.97 Å². The van der Waals surface area contributed by atoms with Crippen LogP contribution in [0.25, 0.3) is 0 Å². The number of unbranched alkanes of at least 4 members (excludes halogenated alkanes) is 3. The molecule has 0 aliphatic heterocycles. The molecule has 0 amide bonds. The zero-order chi connectivity index (χ0) is 21.8. The van der Waals surface area contributed by atoms with Crippen molar-refractivity contribution in [2.24, 2.45) is 0 Å². The number of benzene rings is 2. The van der Waals surface area contributed by atoms with Crippen molar-refractivity contribution < 1.29 is 14.3 Å². The quantitative estimate of drug-likeness (QED) is 0.191. The topological polar surface area (TPSA) is 35.5 Å². The summed E-state index contributed by atoms with van der Waals surface area (Å²) in [5, 5.41) is 0. The first kappa shape index (κ1) is 24.1. The minimum absolute atomic E-state index is 0.0248. The third-order valence-electron chi connectivity index (χ3n) is 5.67. The zero-order valence-electron chi connectivity index (χ0n) is 19.2. The van der Waals surface area contributed by atoms with Crippen molar-refractivity contribution in [1.82, 2.24) is 0 Å². The third kappa shape index (κ3) is 7.28. The van der Waals surface area contributed by atoms with E-state index in [2.05, 4.69) is 33.8 Å². The van der Waals surface area contributed by atoms with Gasteiger partial charge in [0.05, 0.1) is 11.7 Å². The maximum absolute atomic E-state index is 12.7. The molecule has 0 N–H and O–H groups in total. The predicted molar refractivity (Wildman–Crippen MR) is 124 cm³/mol. The number of ether oxygens (including phenoxy) is 2. The molecule has 2 unspecified atom stereocenters. The summed E-state index contributed by atoms with van der Waals surface area (Å²) < 4.78 is 11.7. The van der Waals surface area contributed by atoms with E-state index in [0.717, 1.165) is 43.4 Å². The Morgan fingerprint density at radius 1 is 0.900 bits per heavy atom. The minimum Gasteiger partial charge on any atom is -0.423 e. The first-order chi connectivity index (χ1) is 14.6. The van der Waals surface area contributed by atoms with E-state index in [-0.39, 0.29) is 12.1 Å². The lowest BCUT2D eigenvalue weighted by Gasteiger charge is -2.18. The van der Waals surface area contributed by atoms with Crippen molar-refractivity contribution in [2.75, 3.05) is 6.61 Å². The fourth-order valence-electron chi connectivity index (χ4n) is 3.77. The minimum atomic E-state index is -0.312. The van der Waals surface area contributed by atoms with Gasteiger partial charge in [-0.2, -0.15) is 0 Å². The van der Waals surface area contributed by atoms with Crippen molar-refractivity contribution in [3.05, 3.63) is 65.2 Å². The molecule has 2 rings (SSSR count). The molecule has 2 atom stereocenters. The van der Waals surface area contributed by atoms with Crippen molar-refractivity contribution in [3.63, 3.8) is 0 Å². The highest BCUT2D eigenvalue weighted by atomic mass is 16.5. The molecule has 3 nitrogen and oxygen atoms in total. The van der Waals surface area contributed by atoms with Gasteiger partial charge in [0.1, 0.15) is 5.75 Å². The van der Waals surface area contributed by atoms with Gasteiger partial charge < -0.3 is 9.47 Å². The summed E-state index contributed by atoms with van der Waals surface area (Å²) in [6, 6.07) is 15.5. The van der Waals surface area contributed by atoms with E-state index in [1.165, 1.54) is 19.3 Å². The fourth-order valence-corrected chi connectivity index (χ4v) is 3.77. The second-order valence-electron chi connectivity index (χ2n) is 8.02. The van der Waals surface area contributed by atoms with Crippen LogP contribution in [0.1, 0.15) is 106 Å². The second-order valence-corrected chi connectivity index (χ2v) is 8.02. The molecule has 0 fully saturated rings. The van der Waals surface area contributed by atoms with E-state index >= 15 is 0 Å². The van der Waals surface area contributed by atoms with E-state index in [1.54, 1.807) is 0 Å². The van der Waals surface area contributed by atoms with Crippen LogP contribution >= 0.6 is 0 Å². The van der Waals surface area contributed by atoms with Crippen LogP contribution < -0.4 is 4.74 Å². The lowest BCUT2D eigenvalue weighted by Crippen LogP contribution is -2.11. The molecule has 0 aliphatic rings. The number of esters is 1. The molecular formula is C27H38O3. The average molecular weight is 411 g/mol. The number of hydrogen-bond donors (Lipinski definition) is 0. The van der Waals surface area contributed by atoms with Crippen LogP contribution in [0.4, 0.5) is 0 Å². The second kappa shape index (κ2) is 13.2. The first-order valence-electron chi connectivity index (χ1n) is 11.6. The van der Waals surface area contributed by atoms with Crippen molar-refractivity contribution in [1.29, 1.82) is 0 Å². The smallest absolute Gasteiger partial charge is 0.343 e. The van der Waals surface area contributed by atoms with Crippen LogP contribution in [-0.2, 0) is 4.74 Å². The van der Waals surface area contributed by atoms with Gasteiger partial charge in [-0.15, -0.1) is 0 Å². The van der Waals surface area contributed by atoms with E-state index < -0.39 is 0 Å². The molecule has 30 heavy (non-hydrogen) atoms. The van der Waals surface area contributed by atoms with Crippen LogP contribution in [-0.4, -0.2) is 12.6 Å². The van der Waals surface area contributed by atoms with E-state index in [4.69, 9.17) is 9.47 Å². The Labute approximate surface area is 182 Å². The maximum Gasteiger partial charge on any atom is 0.343 e.